The summed E-state index contributed by atoms with van der Waals surface area (Å²) in [6.07, 6.45) is 0.0405. The first-order valence-corrected chi connectivity index (χ1v) is 13.0. The van der Waals surface area contributed by atoms with Crippen molar-refractivity contribution < 1.29 is 24.6 Å². The molecule has 188 valence electrons. The second kappa shape index (κ2) is 12.8. The topological polar surface area (TPSA) is 128 Å². The Morgan fingerprint density at radius 3 is 2.46 bits per heavy atom. The molecule has 0 aromatic heterocycles. The minimum atomic E-state index is -1.37. The molecule has 2 aromatic rings. The molecular weight excluding hydrogens is 537 g/mol. The zero-order chi connectivity index (χ0) is 25.5. The van der Waals surface area contributed by atoms with Crippen LogP contribution in [0, 0.1) is 0 Å². The second-order valence-corrected chi connectivity index (χ2v) is 10.2. The first kappa shape index (κ1) is 27.6. The van der Waals surface area contributed by atoms with Crippen LogP contribution in [0.15, 0.2) is 36.4 Å². The molecule has 1 aliphatic heterocycles. The minimum Gasteiger partial charge on any atom is -0.480 e. The fourth-order valence-electron chi connectivity index (χ4n) is 3.49. The Balaban J connectivity index is 1.62. The molecule has 1 saturated heterocycles. The van der Waals surface area contributed by atoms with Gasteiger partial charge in [-0.1, -0.05) is 46.9 Å². The van der Waals surface area contributed by atoms with Crippen LogP contribution in [0.25, 0.3) is 0 Å². The third-order valence-corrected chi connectivity index (χ3v) is 7.16. The first-order valence-electron chi connectivity index (χ1n) is 10.7. The Labute approximate surface area is 221 Å². The van der Waals surface area contributed by atoms with Gasteiger partial charge in [0.05, 0.1) is 27.8 Å². The number of rotatable bonds is 10. The van der Waals surface area contributed by atoms with E-state index < -0.39 is 30.1 Å². The van der Waals surface area contributed by atoms with E-state index in [1.54, 1.807) is 48.2 Å². The monoisotopic (exact) mass is 559 g/mol. The van der Waals surface area contributed by atoms with Crippen molar-refractivity contribution in [1.82, 2.24) is 16.0 Å². The van der Waals surface area contributed by atoms with Gasteiger partial charge in [0.1, 0.15) is 6.04 Å². The standard InChI is InChI=1S/C23H24Cl3N3O5S/c24-14-3-1-2-13(8-14)19(30)5-4-12-6-15(25)20(16(26)7-12)22(32)29-17(23(33)34)9-27-21(31)18-10-35-11-28-18/h1-3,6-8,17-19,28,30H,4-5,9-11H2,(H,27,31)(H,29,32)(H,33,34)/t17-,18-,19?/m0/s1. The van der Waals surface area contributed by atoms with Gasteiger partial charge in [0, 0.05) is 23.2 Å². The molecule has 1 aliphatic rings. The highest BCUT2D eigenvalue weighted by atomic mass is 35.5. The number of thioether (sulfide) groups is 1. The van der Waals surface area contributed by atoms with Gasteiger partial charge in [0.25, 0.3) is 5.91 Å². The predicted octanol–water partition coefficient (Wildman–Crippen LogP) is 3.27. The zero-order valence-electron chi connectivity index (χ0n) is 18.4. The maximum Gasteiger partial charge on any atom is 0.328 e. The highest BCUT2D eigenvalue weighted by Gasteiger charge is 2.27. The van der Waals surface area contributed by atoms with E-state index in [1.165, 1.54) is 0 Å². The molecule has 5 N–H and O–H groups in total. The Morgan fingerprint density at radius 2 is 1.86 bits per heavy atom. The van der Waals surface area contributed by atoms with Crippen LogP contribution in [0.5, 0.6) is 0 Å². The van der Waals surface area contributed by atoms with Crippen molar-refractivity contribution in [2.45, 2.75) is 31.0 Å². The fourth-order valence-corrected chi connectivity index (χ4v) is 5.34. The molecule has 2 aromatic carbocycles. The maximum absolute atomic E-state index is 12.8. The van der Waals surface area contributed by atoms with Crippen LogP contribution in [0.4, 0.5) is 0 Å². The number of aryl methyl sites for hydroxylation is 1. The summed E-state index contributed by atoms with van der Waals surface area (Å²) in [7, 11) is 0. The summed E-state index contributed by atoms with van der Waals surface area (Å²) in [5.41, 5.74) is 1.31. The smallest absolute Gasteiger partial charge is 0.328 e. The molecule has 0 bridgehead atoms. The highest BCUT2D eigenvalue weighted by molar-refractivity contribution is 7.99. The lowest BCUT2D eigenvalue weighted by Gasteiger charge is -2.18. The number of aliphatic hydroxyl groups excluding tert-OH is 1. The largest absolute Gasteiger partial charge is 0.480 e. The number of carbonyl (C=O) groups excluding carboxylic acids is 2. The number of carboxylic acid groups (broad SMARTS) is 1. The molecule has 1 fully saturated rings. The summed E-state index contributed by atoms with van der Waals surface area (Å²) in [5, 5.41) is 28.4. The first-order chi connectivity index (χ1) is 16.7. The third-order valence-electron chi connectivity index (χ3n) is 5.39. The van der Waals surface area contributed by atoms with E-state index in [0.29, 0.717) is 40.6 Å². The average Bonchev–Trinajstić information content (AvgIpc) is 3.34. The van der Waals surface area contributed by atoms with Crippen LogP contribution in [-0.4, -0.2) is 58.3 Å². The number of carbonyl (C=O) groups is 3. The molecule has 35 heavy (non-hydrogen) atoms. The Hall–Kier alpha value is -2.01. The van der Waals surface area contributed by atoms with Crippen LogP contribution >= 0.6 is 46.6 Å². The van der Waals surface area contributed by atoms with E-state index in [0.717, 1.165) is 0 Å². The van der Waals surface area contributed by atoms with E-state index in [-0.39, 0.29) is 28.1 Å². The number of benzene rings is 2. The zero-order valence-corrected chi connectivity index (χ0v) is 21.5. The van der Waals surface area contributed by atoms with Gasteiger partial charge in [-0.15, -0.1) is 11.8 Å². The maximum atomic E-state index is 12.8. The number of amides is 2. The highest BCUT2D eigenvalue weighted by Crippen LogP contribution is 2.29. The van der Waals surface area contributed by atoms with Crippen LogP contribution in [0.3, 0.4) is 0 Å². The van der Waals surface area contributed by atoms with Crippen molar-refractivity contribution in [2.75, 3.05) is 18.2 Å². The summed E-state index contributed by atoms with van der Waals surface area (Å²) < 4.78 is 0. The normalized spacial score (nSPS) is 17.0. The number of hydrogen-bond acceptors (Lipinski definition) is 6. The minimum absolute atomic E-state index is 0.0441. The lowest BCUT2D eigenvalue weighted by atomic mass is 10.0. The molecule has 2 amide bonds. The molecule has 1 unspecified atom stereocenters. The Morgan fingerprint density at radius 1 is 1.14 bits per heavy atom. The summed E-state index contributed by atoms with van der Waals surface area (Å²) in [6.45, 7) is -0.294. The summed E-state index contributed by atoms with van der Waals surface area (Å²) in [5.74, 6) is -1.20. The van der Waals surface area contributed by atoms with Gasteiger partial charge in [-0.2, -0.15) is 0 Å². The lowest BCUT2D eigenvalue weighted by Crippen LogP contribution is -2.51. The van der Waals surface area contributed by atoms with Gasteiger partial charge >= 0.3 is 5.97 Å². The van der Waals surface area contributed by atoms with Crippen molar-refractivity contribution in [3.8, 4) is 0 Å². The predicted molar refractivity (Wildman–Crippen MR) is 137 cm³/mol. The molecule has 3 rings (SSSR count). The number of carboxylic acids is 1. The van der Waals surface area contributed by atoms with Crippen molar-refractivity contribution in [1.29, 1.82) is 0 Å². The number of hydrogen-bond donors (Lipinski definition) is 5. The molecule has 0 spiro atoms. The summed E-state index contributed by atoms with van der Waals surface area (Å²) >= 11 is 20.1. The molecule has 0 radical (unpaired) electrons. The fraction of sp³-hybridized carbons (Fsp3) is 0.348. The summed E-state index contributed by atoms with van der Waals surface area (Å²) in [4.78, 5) is 36.5. The van der Waals surface area contributed by atoms with Gasteiger partial charge in [-0.3, -0.25) is 14.9 Å². The Kier molecular flexibility index (Phi) is 10.1. The molecule has 8 nitrogen and oxygen atoms in total. The average molecular weight is 561 g/mol. The third kappa shape index (κ3) is 7.73. The molecular formula is C23H24Cl3N3O5S. The molecule has 0 aliphatic carbocycles. The quantitative estimate of drug-likeness (QED) is 0.302. The van der Waals surface area contributed by atoms with E-state index in [4.69, 9.17) is 34.8 Å². The number of nitrogens with one attached hydrogen (secondary N) is 3. The van der Waals surface area contributed by atoms with E-state index in [1.807, 2.05) is 0 Å². The van der Waals surface area contributed by atoms with Crippen LogP contribution in [-0.2, 0) is 16.0 Å². The summed E-state index contributed by atoms with van der Waals surface area (Å²) in [6, 6.07) is 8.25. The van der Waals surface area contributed by atoms with E-state index >= 15 is 0 Å². The van der Waals surface area contributed by atoms with Crippen molar-refractivity contribution in [2.24, 2.45) is 0 Å². The van der Waals surface area contributed by atoms with Gasteiger partial charge in [0.15, 0.2) is 0 Å². The van der Waals surface area contributed by atoms with Gasteiger partial charge in [-0.05, 0) is 48.2 Å². The number of halogens is 3. The van der Waals surface area contributed by atoms with Crippen molar-refractivity contribution in [3.05, 3.63) is 68.2 Å². The van der Waals surface area contributed by atoms with Gasteiger partial charge in [-0.25, -0.2) is 4.79 Å². The van der Waals surface area contributed by atoms with Crippen LogP contribution in [0.2, 0.25) is 15.1 Å². The number of aliphatic carboxylic acids is 1. The molecule has 3 atom stereocenters. The Bertz CT molecular complexity index is 1070. The van der Waals surface area contributed by atoms with Gasteiger partial charge < -0.3 is 20.8 Å². The van der Waals surface area contributed by atoms with Crippen LogP contribution in [0.1, 0.15) is 34.0 Å². The molecule has 12 heteroatoms. The lowest BCUT2D eigenvalue weighted by molar-refractivity contribution is -0.139. The number of aliphatic hydroxyl groups is 1. The van der Waals surface area contributed by atoms with E-state index in [2.05, 4.69) is 16.0 Å². The van der Waals surface area contributed by atoms with E-state index in [9.17, 15) is 24.6 Å². The SMILES string of the molecule is O=C(N[C@@H](CNC(=O)[C@@H]1CSCN1)C(=O)O)c1c(Cl)cc(CCC(O)c2cccc(Cl)c2)cc1Cl. The molecule has 0 saturated carbocycles. The van der Waals surface area contributed by atoms with Crippen LogP contribution < -0.4 is 16.0 Å². The van der Waals surface area contributed by atoms with Crippen molar-refractivity contribution in [3.63, 3.8) is 0 Å². The van der Waals surface area contributed by atoms with Gasteiger partial charge in [0.2, 0.25) is 5.91 Å². The second-order valence-electron chi connectivity index (χ2n) is 7.93. The van der Waals surface area contributed by atoms with Crippen molar-refractivity contribution >= 4 is 64.3 Å². The molecule has 1 heterocycles.